The SMILES string of the molecule is O=C(c1cc(C(F)(F)F)cc(C(F)(F)F)c1)N1CC[C@H](c2ccccc2)[C@H](c2ccccc2Cl)C1. The summed E-state index contributed by atoms with van der Waals surface area (Å²) in [5.74, 6) is -1.21. The average molecular weight is 512 g/mol. The summed E-state index contributed by atoms with van der Waals surface area (Å²) in [5, 5.41) is 0.478. The van der Waals surface area contributed by atoms with E-state index >= 15 is 0 Å². The van der Waals surface area contributed by atoms with Crippen LogP contribution in [0.2, 0.25) is 5.02 Å². The molecule has 0 N–H and O–H groups in total. The Balaban J connectivity index is 1.71. The number of likely N-dealkylation sites (tertiary alicyclic amines) is 1. The number of hydrogen-bond acceptors (Lipinski definition) is 1. The molecule has 3 aromatic rings. The highest BCUT2D eigenvalue weighted by Gasteiger charge is 2.39. The molecule has 1 aliphatic rings. The molecule has 0 radical (unpaired) electrons. The summed E-state index contributed by atoms with van der Waals surface area (Å²) in [6.45, 7) is 0.274. The first kappa shape index (κ1) is 25.1. The summed E-state index contributed by atoms with van der Waals surface area (Å²) < 4.78 is 79.8. The number of rotatable bonds is 3. The van der Waals surface area contributed by atoms with Crippen molar-refractivity contribution in [2.24, 2.45) is 0 Å². The molecule has 0 unspecified atom stereocenters. The second-order valence-electron chi connectivity index (χ2n) is 8.48. The molecule has 4 rings (SSSR count). The van der Waals surface area contributed by atoms with Crippen molar-refractivity contribution in [2.75, 3.05) is 13.1 Å². The summed E-state index contributed by atoms with van der Waals surface area (Å²) in [4.78, 5) is 14.5. The van der Waals surface area contributed by atoms with Crippen LogP contribution in [0.5, 0.6) is 0 Å². The first-order valence-electron chi connectivity index (χ1n) is 10.8. The number of carbonyl (C=O) groups is 1. The van der Waals surface area contributed by atoms with E-state index in [0.717, 1.165) is 11.1 Å². The van der Waals surface area contributed by atoms with Crippen LogP contribution in [0.4, 0.5) is 26.3 Å². The Morgan fingerprint density at radius 1 is 0.800 bits per heavy atom. The Hall–Kier alpha value is -3.00. The van der Waals surface area contributed by atoms with Gasteiger partial charge >= 0.3 is 12.4 Å². The zero-order valence-electron chi connectivity index (χ0n) is 18.2. The third-order valence-corrected chi connectivity index (χ3v) is 6.61. The van der Waals surface area contributed by atoms with Crippen molar-refractivity contribution in [1.82, 2.24) is 4.90 Å². The number of carbonyl (C=O) groups excluding carboxylic acids is 1. The maximum absolute atomic E-state index is 13.3. The highest BCUT2D eigenvalue weighted by Crippen LogP contribution is 2.43. The Morgan fingerprint density at radius 3 is 1.94 bits per heavy atom. The minimum absolute atomic E-state index is 0.0188. The fraction of sp³-hybridized carbons (Fsp3) is 0.269. The molecule has 9 heteroatoms. The van der Waals surface area contributed by atoms with Gasteiger partial charge in [0.1, 0.15) is 0 Å². The van der Waals surface area contributed by atoms with E-state index in [9.17, 15) is 31.1 Å². The summed E-state index contributed by atoms with van der Waals surface area (Å²) in [7, 11) is 0. The first-order chi connectivity index (χ1) is 16.4. The van der Waals surface area contributed by atoms with Crippen molar-refractivity contribution in [3.8, 4) is 0 Å². The third kappa shape index (κ3) is 5.48. The van der Waals surface area contributed by atoms with Crippen molar-refractivity contribution >= 4 is 17.5 Å². The van der Waals surface area contributed by atoms with Crippen molar-refractivity contribution < 1.29 is 31.1 Å². The fourth-order valence-electron chi connectivity index (χ4n) is 4.59. The lowest BCUT2D eigenvalue weighted by atomic mass is 9.76. The summed E-state index contributed by atoms with van der Waals surface area (Å²) in [6.07, 6.45) is -9.59. The monoisotopic (exact) mass is 511 g/mol. The van der Waals surface area contributed by atoms with Gasteiger partial charge in [-0.3, -0.25) is 4.79 Å². The zero-order chi connectivity index (χ0) is 25.4. The molecule has 2 nitrogen and oxygen atoms in total. The molecule has 1 fully saturated rings. The zero-order valence-corrected chi connectivity index (χ0v) is 19.0. The second-order valence-corrected chi connectivity index (χ2v) is 8.89. The largest absolute Gasteiger partial charge is 0.416 e. The molecule has 0 bridgehead atoms. The minimum atomic E-state index is -5.03. The molecular formula is C26H20ClF6NO. The number of nitrogens with zero attached hydrogens (tertiary/aromatic N) is 1. The Labute approximate surface area is 203 Å². The quantitative estimate of drug-likeness (QED) is 0.329. The molecule has 0 spiro atoms. The van der Waals surface area contributed by atoms with E-state index in [1.165, 1.54) is 4.90 Å². The number of alkyl halides is 6. The lowest BCUT2D eigenvalue weighted by Crippen LogP contribution is -2.42. The molecule has 0 aromatic heterocycles. The van der Waals surface area contributed by atoms with Gasteiger partial charge in [-0.15, -0.1) is 0 Å². The van der Waals surface area contributed by atoms with Crippen molar-refractivity contribution in [3.05, 3.63) is 106 Å². The van der Waals surface area contributed by atoms with Crippen LogP contribution in [-0.2, 0) is 12.4 Å². The van der Waals surface area contributed by atoms with Gasteiger partial charge in [0.25, 0.3) is 5.91 Å². The van der Waals surface area contributed by atoms with Crippen LogP contribution in [-0.4, -0.2) is 23.9 Å². The Morgan fingerprint density at radius 2 is 1.37 bits per heavy atom. The van der Waals surface area contributed by atoms with Crippen LogP contribution in [0.25, 0.3) is 0 Å². The molecule has 1 saturated heterocycles. The predicted molar refractivity (Wildman–Crippen MR) is 120 cm³/mol. The van der Waals surface area contributed by atoms with Gasteiger partial charge in [-0.2, -0.15) is 26.3 Å². The third-order valence-electron chi connectivity index (χ3n) is 6.27. The number of halogens is 7. The van der Waals surface area contributed by atoms with Crippen LogP contribution in [0.3, 0.4) is 0 Å². The van der Waals surface area contributed by atoms with E-state index < -0.39 is 35.0 Å². The van der Waals surface area contributed by atoms with Crippen LogP contribution >= 0.6 is 11.6 Å². The predicted octanol–water partition coefficient (Wildman–Crippen LogP) is 7.79. The van der Waals surface area contributed by atoms with Gasteiger partial charge in [0.05, 0.1) is 11.1 Å². The molecule has 1 heterocycles. The molecule has 0 aliphatic carbocycles. The Kier molecular flexibility index (Phi) is 6.86. The van der Waals surface area contributed by atoms with Crippen LogP contribution < -0.4 is 0 Å². The van der Waals surface area contributed by atoms with Gasteiger partial charge in [0, 0.05) is 29.6 Å². The second kappa shape index (κ2) is 9.57. The van der Waals surface area contributed by atoms with Crippen LogP contribution in [0, 0.1) is 0 Å². The highest BCUT2D eigenvalue weighted by atomic mass is 35.5. The molecule has 0 saturated carbocycles. The topological polar surface area (TPSA) is 20.3 Å². The first-order valence-corrected chi connectivity index (χ1v) is 11.2. The maximum Gasteiger partial charge on any atom is 0.416 e. The normalized spacial score (nSPS) is 19.0. The van der Waals surface area contributed by atoms with Crippen LogP contribution in [0.15, 0.2) is 72.8 Å². The van der Waals surface area contributed by atoms with Crippen LogP contribution in [0.1, 0.15) is 50.9 Å². The average Bonchev–Trinajstić information content (AvgIpc) is 2.83. The van der Waals surface area contributed by atoms with Gasteiger partial charge in [0.15, 0.2) is 0 Å². The van der Waals surface area contributed by atoms with Gasteiger partial charge in [-0.25, -0.2) is 0 Å². The van der Waals surface area contributed by atoms with Crippen molar-refractivity contribution in [3.63, 3.8) is 0 Å². The van der Waals surface area contributed by atoms with E-state index in [2.05, 4.69) is 0 Å². The van der Waals surface area contributed by atoms with Gasteiger partial charge in [-0.05, 0) is 47.7 Å². The molecule has 184 valence electrons. The van der Waals surface area contributed by atoms with E-state index in [0.29, 0.717) is 23.6 Å². The summed E-state index contributed by atoms with van der Waals surface area (Å²) >= 11 is 6.44. The minimum Gasteiger partial charge on any atom is -0.338 e. The number of benzene rings is 3. The van der Waals surface area contributed by atoms with Crippen molar-refractivity contribution in [1.29, 1.82) is 0 Å². The summed E-state index contributed by atoms with van der Waals surface area (Å²) in [6, 6.07) is 17.6. The molecule has 3 aromatic carbocycles. The molecule has 35 heavy (non-hydrogen) atoms. The van der Waals surface area contributed by atoms with E-state index in [1.54, 1.807) is 18.2 Å². The number of hydrogen-bond donors (Lipinski definition) is 0. The Bertz CT molecular complexity index is 1180. The summed E-state index contributed by atoms with van der Waals surface area (Å²) in [5.41, 5.74) is -1.90. The highest BCUT2D eigenvalue weighted by molar-refractivity contribution is 6.31. The lowest BCUT2D eigenvalue weighted by molar-refractivity contribution is -0.143. The molecule has 1 aliphatic heterocycles. The lowest BCUT2D eigenvalue weighted by Gasteiger charge is -2.39. The van der Waals surface area contributed by atoms with Gasteiger partial charge in [0.2, 0.25) is 0 Å². The number of amides is 1. The number of piperidine rings is 1. The molecule has 1 amide bonds. The molecule has 2 atom stereocenters. The van der Waals surface area contributed by atoms with Gasteiger partial charge in [-0.1, -0.05) is 60.1 Å². The van der Waals surface area contributed by atoms with E-state index in [-0.39, 0.29) is 31.0 Å². The fourth-order valence-corrected chi connectivity index (χ4v) is 4.86. The van der Waals surface area contributed by atoms with E-state index in [4.69, 9.17) is 11.6 Å². The maximum atomic E-state index is 13.3. The smallest absolute Gasteiger partial charge is 0.338 e. The van der Waals surface area contributed by atoms with Crippen molar-refractivity contribution in [2.45, 2.75) is 30.6 Å². The van der Waals surface area contributed by atoms with Gasteiger partial charge < -0.3 is 4.90 Å². The standard InChI is InChI=1S/C26H20ClF6NO/c27-23-9-5-4-8-21(23)22-15-34(11-10-20(22)16-6-2-1-3-7-16)24(35)17-12-18(25(28,29)30)14-19(13-17)26(31,32)33/h1-9,12-14,20,22H,10-11,15H2/t20-,22-/m1/s1. The molecular weight excluding hydrogens is 492 g/mol. The van der Waals surface area contributed by atoms with E-state index in [1.807, 2.05) is 36.4 Å².